The average Bonchev–Trinajstić information content (AvgIpc) is 3.06. The Balaban J connectivity index is 1.33. The number of aliphatic hydroxyl groups is 1. The zero-order valence-electron chi connectivity index (χ0n) is 20.4. The van der Waals surface area contributed by atoms with Crippen LogP contribution < -0.4 is 0 Å². The third-order valence-corrected chi connectivity index (χ3v) is 10.7. The molecule has 0 bridgehead atoms. The van der Waals surface area contributed by atoms with Crippen LogP contribution in [0.4, 0.5) is 0 Å². The summed E-state index contributed by atoms with van der Waals surface area (Å²) in [6, 6.07) is 10.7. The first-order valence-electron chi connectivity index (χ1n) is 13.2. The van der Waals surface area contributed by atoms with Gasteiger partial charge in [0, 0.05) is 18.5 Å². The van der Waals surface area contributed by atoms with Crippen molar-refractivity contribution in [1.29, 1.82) is 0 Å². The van der Waals surface area contributed by atoms with Crippen LogP contribution in [0, 0.1) is 40.4 Å². The van der Waals surface area contributed by atoms with Crippen molar-refractivity contribution in [3.8, 4) is 0 Å². The highest BCUT2D eigenvalue weighted by Gasteiger charge is 2.63. The molecule has 0 spiro atoms. The summed E-state index contributed by atoms with van der Waals surface area (Å²) in [5.74, 6) is 3.84. The van der Waals surface area contributed by atoms with Gasteiger partial charge >= 0.3 is 0 Å². The Kier molecular flexibility index (Phi) is 5.82. The highest BCUT2D eigenvalue weighted by atomic mass is 16.3. The fourth-order valence-electron chi connectivity index (χ4n) is 9.17. The second-order valence-corrected chi connectivity index (χ2v) is 12.6. The molecule has 0 saturated heterocycles. The Morgan fingerprint density at radius 2 is 1.72 bits per heavy atom. The number of fused-ring (bicyclic) bond motifs is 5. The van der Waals surface area contributed by atoms with Gasteiger partial charge in [-0.15, -0.1) is 0 Å². The predicted octanol–water partition coefficient (Wildman–Crippen LogP) is 5.71. The lowest BCUT2D eigenvalue weighted by molar-refractivity contribution is -0.137. The van der Waals surface area contributed by atoms with E-state index in [2.05, 4.69) is 56.1 Å². The van der Waals surface area contributed by atoms with Gasteiger partial charge in [-0.3, -0.25) is 0 Å². The fourth-order valence-corrected chi connectivity index (χ4v) is 9.17. The minimum absolute atomic E-state index is 0.133. The Labute approximate surface area is 195 Å². The maximum Gasteiger partial charge on any atom is 0.127 e. The third kappa shape index (κ3) is 3.68. The summed E-state index contributed by atoms with van der Waals surface area (Å²) < 4.78 is 0. The van der Waals surface area contributed by atoms with E-state index >= 15 is 0 Å². The number of carbonyl (C=O) groups is 1. The monoisotopic (exact) mass is 437 g/mol. The third-order valence-electron chi connectivity index (χ3n) is 10.7. The molecule has 1 N–H and O–H groups in total. The molecule has 0 unspecified atom stereocenters. The van der Waals surface area contributed by atoms with Gasteiger partial charge in [-0.2, -0.15) is 0 Å². The smallest absolute Gasteiger partial charge is 0.127 e. The summed E-state index contributed by atoms with van der Waals surface area (Å²) in [4.78, 5) is 15.2. The molecular formula is C29H43NO2. The van der Waals surface area contributed by atoms with Gasteiger partial charge in [0.15, 0.2) is 0 Å². The number of hydrogen-bond acceptors (Lipinski definition) is 3. The number of aldehydes is 1. The van der Waals surface area contributed by atoms with Crippen molar-refractivity contribution in [3.05, 3.63) is 35.9 Å². The van der Waals surface area contributed by atoms with Gasteiger partial charge in [0.1, 0.15) is 6.29 Å². The average molecular weight is 438 g/mol. The van der Waals surface area contributed by atoms with Crippen LogP contribution >= 0.6 is 0 Å². The number of carbonyl (C=O) groups excluding carboxylic acids is 1. The number of hydrogen-bond donors (Lipinski definition) is 1. The fraction of sp³-hybridized carbons (Fsp3) is 0.759. The van der Waals surface area contributed by atoms with Gasteiger partial charge in [0.25, 0.3) is 0 Å². The zero-order chi connectivity index (χ0) is 22.6. The van der Waals surface area contributed by atoms with Crippen LogP contribution in [0.15, 0.2) is 30.3 Å². The molecule has 0 heterocycles. The van der Waals surface area contributed by atoms with E-state index in [1.807, 2.05) is 0 Å². The van der Waals surface area contributed by atoms with Crippen molar-refractivity contribution < 1.29 is 9.90 Å². The molecule has 3 heteroatoms. The molecule has 4 aliphatic rings. The SMILES string of the molecule is CN(Cc1ccccc1)C[C@]1(C=O)CC[C@H]2[C@@H]3CC[C@@H]4C[C@](C)(O)CC[C@@H]4[C@H]3CC[C@@]21C. The minimum atomic E-state index is -0.444. The number of rotatable bonds is 5. The molecule has 0 aromatic heterocycles. The molecule has 4 aliphatic carbocycles. The van der Waals surface area contributed by atoms with E-state index in [4.69, 9.17) is 0 Å². The molecule has 5 rings (SSSR count). The first-order chi connectivity index (χ1) is 15.3. The van der Waals surface area contributed by atoms with E-state index in [1.54, 1.807) is 0 Å². The first-order valence-corrected chi connectivity index (χ1v) is 13.2. The van der Waals surface area contributed by atoms with Crippen LogP contribution in [0.5, 0.6) is 0 Å². The van der Waals surface area contributed by atoms with E-state index < -0.39 is 5.60 Å². The molecule has 4 fully saturated rings. The molecule has 0 aliphatic heterocycles. The van der Waals surface area contributed by atoms with Crippen LogP contribution in [0.2, 0.25) is 0 Å². The molecule has 176 valence electrons. The van der Waals surface area contributed by atoms with Crippen LogP contribution in [-0.4, -0.2) is 35.5 Å². The minimum Gasteiger partial charge on any atom is -0.390 e. The number of nitrogens with zero attached hydrogens (tertiary/aromatic N) is 1. The molecule has 0 radical (unpaired) electrons. The molecule has 1 aromatic carbocycles. The second kappa shape index (κ2) is 8.24. The molecule has 4 saturated carbocycles. The van der Waals surface area contributed by atoms with Crippen molar-refractivity contribution in [2.45, 2.75) is 83.8 Å². The highest BCUT2D eigenvalue weighted by Crippen LogP contribution is 2.68. The quantitative estimate of drug-likeness (QED) is 0.600. The molecule has 8 atom stereocenters. The van der Waals surface area contributed by atoms with Crippen molar-refractivity contribution in [2.75, 3.05) is 13.6 Å². The van der Waals surface area contributed by atoms with Crippen molar-refractivity contribution in [3.63, 3.8) is 0 Å². The Morgan fingerprint density at radius 1 is 0.969 bits per heavy atom. The normalized spacial score (nSPS) is 45.7. The lowest BCUT2D eigenvalue weighted by atomic mass is 9.47. The summed E-state index contributed by atoms with van der Waals surface area (Å²) in [5, 5.41) is 10.6. The summed E-state index contributed by atoms with van der Waals surface area (Å²) in [7, 11) is 2.19. The van der Waals surface area contributed by atoms with Gasteiger partial charge in [-0.25, -0.2) is 0 Å². The second-order valence-electron chi connectivity index (χ2n) is 12.6. The topological polar surface area (TPSA) is 40.5 Å². The molecule has 1 aromatic rings. The zero-order valence-corrected chi connectivity index (χ0v) is 20.4. The summed E-state index contributed by atoms with van der Waals surface area (Å²) in [5.41, 5.74) is 0.805. The standard InChI is InChI=1S/C29H43NO2/c1-27(32)14-11-23-22(17-27)9-10-25-24(23)12-15-28(2)26(25)13-16-29(28,20-31)19-30(3)18-21-7-5-4-6-8-21/h4-8,20,22-26,32H,9-19H2,1-3H3/t22-,23+,24-,25-,26+,27-,28+,29+/m1/s1. The van der Waals surface area contributed by atoms with Gasteiger partial charge in [-0.1, -0.05) is 37.3 Å². The van der Waals surface area contributed by atoms with Crippen LogP contribution in [-0.2, 0) is 11.3 Å². The van der Waals surface area contributed by atoms with Gasteiger partial charge in [0.05, 0.1) is 5.60 Å². The molecule has 32 heavy (non-hydrogen) atoms. The maximum absolute atomic E-state index is 12.8. The Morgan fingerprint density at radius 3 is 2.47 bits per heavy atom. The summed E-state index contributed by atoms with van der Waals surface area (Å²) in [6.45, 7) is 6.32. The van der Waals surface area contributed by atoms with Crippen molar-refractivity contribution in [2.24, 2.45) is 40.4 Å². The van der Waals surface area contributed by atoms with E-state index in [0.717, 1.165) is 56.0 Å². The van der Waals surface area contributed by atoms with Crippen molar-refractivity contribution >= 4 is 6.29 Å². The van der Waals surface area contributed by atoms with Gasteiger partial charge in [-0.05, 0) is 112 Å². The van der Waals surface area contributed by atoms with Crippen LogP contribution in [0.1, 0.15) is 77.2 Å². The Bertz CT molecular complexity index is 822. The molecule has 3 nitrogen and oxygen atoms in total. The summed E-state index contributed by atoms with van der Waals surface area (Å²) >= 11 is 0. The number of benzene rings is 1. The van der Waals surface area contributed by atoms with Crippen LogP contribution in [0.3, 0.4) is 0 Å². The Hall–Kier alpha value is -1.19. The van der Waals surface area contributed by atoms with E-state index in [9.17, 15) is 9.90 Å². The van der Waals surface area contributed by atoms with E-state index in [0.29, 0.717) is 5.92 Å². The lowest BCUT2D eigenvalue weighted by Gasteiger charge is -2.58. The van der Waals surface area contributed by atoms with E-state index in [1.165, 1.54) is 50.4 Å². The maximum atomic E-state index is 12.8. The largest absolute Gasteiger partial charge is 0.390 e. The first kappa shape index (κ1) is 22.6. The lowest BCUT2D eigenvalue weighted by Crippen LogP contribution is -2.54. The van der Waals surface area contributed by atoms with Crippen molar-refractivity contribution in [1.82, 2.24) is 4.90 Å². The molecule has 0 amide bonds. The summed E-state index contributed by atoms with van der Waals surface area (Å²) in [6.07, 6.45) is 11.9. The van der Waals surface area contributed by atoms with E-state index in [-0.39, 0.29) is 10.8 Å². The van der Waals surface area contributed by atoms with Gasteiger partial charge in [0.2, 0.25) is 0 Å². The van der Waals surface area contributed by atoms with Crippen LogP contribution in [0.25, 0.3) is 0 Å². The highest BCUT2D eigenvalue weighted by molar-refractivity contribution is 5.63. The van der Waals surface area contributed by atoms with Gasteiger partial charge < -0.3 is 14.8 Å². The molecular weight excluding hydrogens is 394 g/mol. The predicted molar refractivity (Wildman–Crippen MR) is 129 cm³/mol.